The van der Waals surface area contributed by atoms with Crippen molar-refractivity contribution in [3.8, 4) is 11.5 Å². The first-order valence-corrected chi connectivity index (χ1v) is 7.81. The van der Waals surface area contributed by atoms with Gasteiger partial charge < -0.3 is 9.47 Å². The number of carbonyl (C=O) groups excluding carboxylic acids is 1. The van der Waals surface area contributed by atoms with Crippen LogP contribution in [0.3, 0.4) is 0 Å². The SMILES string of the molecule is COc1ccc(/C=C/C(=O)OOC(C)(C)c2ccccc2)cc1OC. The lowest BCUT2D eigenvalue weighted by atomic mass is 9.99. The summed E-state index contributed by atoms with van der Waals surface area (Å²) >= 11 is 0. The third-order valence-corrected chi connectivity index (χ3v) is 3.62. The van der Waals surface area contributed by atoms with E-state index in [0.29, 0.717) is 11.5 Å². The molecule has 0 spiro atoms. The minimum atomic E-state index is -0.742. The number of hydrogen-bond donors (Lipinski definition) is 0. The maximum absolute atomic E-state index is 11.9. The van der Waals surface area contributed by atoms with Gasteiger partial charge in [0.1, 0.15) is 5.60 Å². The van der Waals surface area contributed by atoms with Gasteiger partial charge in [0.2, 0.25) is 0 Å². The molecule has 0 amide bonds. The van der Waals surface area contributed by atoms with Gasteiger partial charge in [-0.2, -0.15) is 4.89 Å². The minimum Gasteiger partial charge on any atom is -0.493 e. The van der Waals surface area contributed by atoms with Crippen LogP contribution in [0, 0.1) is 0 Å². The van der Waals surface area contributed by atoms with Gasteiger partial charge in [-0.1, -0.05) is 36.4 Å². The summed E-state index contributed by atoms with van der Waals surface area (Å²) in [5, 5.41) is 0. The molecule has 0 N–H and O–H groups in total. The van der Waals surface area contributed by atoms with Crippen LogP contribution in [0.4, 0.5) is 0 Å². The molecule has 2 aromatic carbocycles. The summed E-state index contributed by atoms with van der Waals surface area (Å²) in [6.07, 6.45) is 2.91. The van der Waals surface area contributed by atoms with E-state index >= 15 is 0 Å². The molecule has 0 aromatic heterocycles. The van der Waals surface area contributed by atoms with E-state index in [1.54, 1.807) is 38.5 Å². The Morgan fingerprint density at radius 2 is 1.64 bits per heavy atom. The molecule has 25 heavy (non-hydrogen) atoms. The van der Waals surface area contributed by atoms with Crippen molar-refractivity contribution < 1.29 is 24.0 Å². The Balaban J connectivity index is 1.97. The maximum atomic E-state index is 11.9. The average molecular weight is 342 g/mol. The molecule has 132 valence electrons. The maximum Gasteiger partial charge on any atom is 0.366 e. The van der Waals surface area contributed by atoms with Crippen LogP contribution in [0.5, 0.6) is 11.5 Å². The first-order valence-electron chi connectivity index (χ1n) is 7.81. The van der Waals surface area contributed by atoms with Crippen molar-refractivity contribution in [1.82, 2.24) is 0 Å². The highest BCUT2D eigenvalue weighted by molar-refractivity contribution is 5.86. The molecule has 0 saturated heterocycles. The van der Waals surface area contributed by atoms with Crippen LogP contribution >= 0.6 is 0 Å². The second kappa shape index (κ2) is 8.35. The molecule has 0 aliphatic heterocycles. The lowest BCUT2D eigenvalue weighted by Gasteiger charge is -2.22. The Morgan fingerprint density at radius 1 is 0.960 bits per heavy atom. The van der Waals surface area contributed by atoms with Crippen LogP contribution in [0.1, 0.15) is 25.0 Å². The van der Waals surface area contributed by atoms with Gasteiger partial charge >= 0.3 is 5.97 Å². The average Bonchev–Trinajstić information content (AvgIpc) is 2.65. The molecule has 0 unspecified atom stereocenters. The smallest absolute Gasteiger partial charge is 0.366 e. The van der Waals surface area contributed by atoms with E-state index in [1.165, 1.54) is 6.08 Å². The Morgan fingerprint density at radius 3 is 2.28 bits per heavy atom. The molecule has 5 nitrogen and oxygen atoms in total. The second-order valence-corrected chi connectivity index (χ2v) is 5.81. The Bertz CT molecular complexity index is 735. The number of benzene rings is 2. The van der Waals surface area contributed by atoms with Crippen molar-refractivity contribution >= 4 is 12.0 Å². The predicted octanol–water partition coefficient (Wildman–Crippen LogP) is 4.13. The van der Waals surface area contributed by atoms with E-state index in [2.05, 4.69) is 0 Å². The van der Waals surface area contributed by atoms with Crippen molar-refractivity contribution in [3.05, 3.63) is 65.7 Å². The number of methoxy groups -OCH3 is 2. The summed E-state index contributed by atoms with van der Waals surface area (Å²) in [5.41, 5.74) is 0.942. The largest absolute Gasteiger partial charge is 0.493 e. The van der Waals surface area contributed by atoms with Crippen molar-refractivity contribution in [3.63, 3.8) is 0 Å². The molecule has 2 aromatic rings. The number of rotatable bonds is 7. The van der Waals surface area contributed by atoms with E-state index in [0.717, 1.165) is 11.1 Å². The summed E-state index contributed by atoms with van der Waals surface area (Å²) < 4.78 is 10.4. The number of hydrogen-bond acceptors (Lipinski definition) is 5. The third kappa shape index (κ3) is 5.09. The highest BCUT2D eigenvalue weighted by atomic mass is 17.2. The normalized spacial score (nSPS) is 11.4. The zero-order valence-corrected chi connectivity index (χ0v) is 14.8. The molecule has 0 heterocycles. The van der Waals surface area contributed by atoms with Gasteiger partial charge in [-0.3, -0.25) is 4.89 Å². The molecule has 2 rings (SSSR count). The molecule has 0 bridgehead atoms. The second-order valence-electron chi connectivity index (χ2n) is 5.81. The molecular weight excluding hydrogens is 320 g/mol. The molecule has 0 saturated carbocycles. The molecule has 0 fully saturated rings. The zero-order chi connectivity index (χ0) is 18.3. The van der Waals surface area contributed by atoms with E-state index in [1.807, 2.05) is 44.2 Å². The van der Waals surface area contributed by atoms with E-state index in [4.69, 9.17) is 19.2 Å². The summed E-state index contributed by atoms with van der Waals surface area (Å²) in [5.74, 6) is 0.605. The van der Waals surface area contributed by atoms with Crippen LogP contribution in [0.25, 0.3) is 6.08 Å². The van der Waals surface area contributed by atoms with Gasteiger partial charge in [-0.25, -0.2) is 4.79 Å². The lowest BCUT2D eigenvalue weighted by Crippen LogP contribution is -2.23. The Kier molecular flexibility index (Phi) is 6.19. The van der Waals surface area contributed by atoms with Crippen molar-refractivity contribution in [2.45, 2.75) is 19.4 Å². The lowest BCUT2D eigenvalue weighted by molar-refractivity contribution is -0.326. The summed E-state index contributed by atoms with van der Waals surface area (Å²) in [4.78, 5) is 22.1. The van der Waals surface area contributed by atoms with Gasteiger partial charge in [-0.15, -0.1) is 0 Å². The number of carbonyl (C=O) groups is 1. The van der Waals surface area contributed by atoms with Crippen molar-refractivity contribution in [2.24, 2.45) is 0 Å². The van der Waals surface area contributed by atoms with Crippen LogP contribution in [-0.4, -0.2) is 20.2 Å². The molecule has 5 heteroatoms. The van der Waals surface area contributed by atoms with Crippen LogP contribution < -0.4 is 9.47 Å². The number of ether oxygens (including phenoxy) is 2. The highest BCUT2D eigenvalue weighted by Crippen LogP contribution is 2.28. The Labute approximate surface area is 147 Å². The van der Waals surface area contributed by atoms with Gasteiger partial charge in [0, 0.05) is 6.08 Å². The zero-order valence-electron chi connectivity index (χ0n) is 14.8. The minimum absolute atomic E-state index is 0.583. The highest BCUT2D eigenvalue weighted by Gasteiger charge is 2.24. The summed E-state index contributed by atoms with van der Waals surface area (Å²) in [6, 6.07) is 14.9. The fraction of sp³-hybridized carbons (Fsp3) is 0.250. The van der Waals surface area contributed by atoms with E-state index in [-0.39, 0.29) is 0 Å². The topological polar surface area (TPSA) is 54.0 Å². The first kappa shape index (κ1) is 18.5. The standard InChI is InChI=1S/C20H22O5/c1-20(2,16-8-6-5-7-9-16)25-24-19(21)13-11-15-10-12-17(22-3)18(14-15)23-4/h5-14H,1-4H3/b13-11+. The molecule has 0 radical (unpaired) electrons. The summed E-state index contributed by atoms with van der Waals surface area (Å²) in [6.45, 7) is 3.65. The van der Waals surface area contributed by atoms with Crippen molar-refractivity contribution in [1.29, 1.82) is 0 Å². The summed E-state index contributed by atoms with van der Waals surface area (Å²) in [7, 11) is 3.12. The van der Waals surface area contributed by atoms with Gasteiger partial charge in [0.05, 0.1) is 14.2 Å². The third-order valence-electron chi connectivity index (χ3n) is 3.62. The fourth-order valence-electron chi connectivity index (χ4n) is 2.18. The van der Waals surface area contributed by atoms with Crippen LogP contribution in [0.15, 0.2) is 54.6 Å². The van der Waals surface area contributed by atoms with Crippen molar-refractivity contribution in [2.75, 3.05) is 14.2 Å². The van der Waals surface area contributed by atoms with Gasteiger partial charge in [0.15, 0.2) is 11.5 Å². The monoisotopic (exact) mass is 342 g/mol. The van der Waals surface area contributed by atoms with Gasteiger partial charge in [-0.05, 0) is 43.2 Å². The quantitative estimate of drug-likeness (QED) is 0.430. The van der Waals surface area contributed by atoms with Crippen LogP contribution in [0.2, 0.25) is 0 Å². The fourth-order valence-corrected chi connectivity index (χ4v) is 2.18. The van der Waals surface area contributed by atoms with E-state index in [9.17, 15) is 4.79 Å². The molecule has 0 aliphatic rings. The molecule has 0 aliphatic carbocycles. The Hall–Kier alpha value is -2.79. The van der Waals surface area contributed by atoms with E-state index < -0.39 is 11.6 Å². The first-order chi connectivity index (χ1) is 12.0. The predicted molar refractivity (Wildman–Crippen MR) is 95.2 cm³/mol. The molecule has 0 atom stereocenters. The molecular formula is C20H22O5. The van der Waals surface area contributed by atoms with Crippen LogP contribution in [-0.2, 0) is 20.2 Å². The van der Waals surface area contributed by atoms with Gasteiger partial charge in [0.25, 0.3) is 0 Å².